The van der Waals surface area contributed by atoms with Gasteiger partial charge in [0.15, 0.2) is 0 Å². The summed E-state index contributed by atoms with van der Waals surface area (Å²) < 4.78 is 5.91. The van der Waals surface area contributed by atoms with Gasteiger partial charge in [0.25, 0.3) is 0 Å². The van der Waals surface area contributed by atoms with E-state index in [0.717, 1.165) is 6.42 Å². The lowest BCUT2D eigenvalue weighted by molar-refractivity contribution is -0.151. The van der Waals surface area contributed by atoms with E-state index in [2.05, 4.69) is 5.32 Å². The highest BCUT2D eigenvalue weighted by Crippen LogP contribution is 2.63. The first-order valence-corrected chi connectivity index (χ1v) is 6.98. The molecule has 2 saturated carbocycles. The Morgan fingerprint density at radius 2 is 2.32 bits per heavy atom. The summed E-state index contributed by atoms with van der Waals surface area (Å²) >= 11 is 0. The van der Waals surface area contributed by atoms with E-state index < -0.39 is 6.10 Å². The van der Waals surface area contributed by atoms with Crippen LogP contribution in [0.15, 0.2) is 0 Å². The number of amides is 2. The number of carbonyl (C=O) groups excluding carboxylic acids is 2. The molecule has 4 fully saturated rings. The molecule has 2 bridgehead atoms. The van der Waals surface area contributed by atoms with Crippen molar-refractivity contribution in [1.82, 2.24) is 10.2 Å². The van der Waals surface area contributed by atoms with Gasteiger partial charge >= 0.3 is 0 Å². The predicted octanol–water partition coefficient (Wildman–Crippen LogP) is -1.07. The number of nitrogens with zero attached hydrogens (tertiary/aromatic N) is 1. The van der Waals surface area contributed by atoms with Crippen molar-refractivity contribution < 1.29 is 19.4 Å². The Labute approximate surface area is 111 Å². The maximum atomic E-state index is 12.5. The average molecular weight is 266 g/mol. The second kappa shape index (κ2) is 3.70. The summed E-state index contributed by atoms with van der Waals surface area (Å²) in [6.07, 6.45) is 0.462. The third kappa shape index (κ3) is 1.28. The molecule has 0 aromatic heterocycles. The molecule has 7 atom stereocenters. The molecule has 2 aliphatic heterocycles. The van der Waals surface area contributed by atoms with Crippen molar-refractivity contribution in [3.63, 3.8) is 0 Å². The zero-order chi connectivity index (χ0) is 13.3. The van der Waals surface area contributed by atoms with Crippen LogP contribution in [0.5, 0.6) is 0 Å². The van der Waals surface area contributed by atoms with Crippen LogP contribution in [0.3, 0.4) is 0 Å². The fraction of sp³-hybridized carbons (Fsp3) is 0.846. The van der Waals surface area contributed by atoms with E-state index in [1.54, 1.807) is 11.9 Å². The number of ether oxygens (including phenoxy) is 1. The van der Waals surface area contributed by atoms with Gasteiger partial charge in [-0.05, 0) is 18.3 Å². The molecule has 4 aliphatic rings. The Kier molecular flexibility index (Phi) is 2.27. The molecule has 0 radical (unpaired) electrons. The molecular weight excluding hydrogens is 248 g/mol. The molecule has 2 saturated heterocycles. The molecule has 2 N–H and O–H groups in total. The number of aliphatic hydroxyl groups excluding tert-OH is 1. The van der Waals surface area contributed by atoms with Crippen LogP contribution < -0.4 is 5.32 Å². The van der Waals surface area contributed by atoms with Crippen LogP contribution in [0.4, 0.5) is 0 Å². The van der Waals surface area contributed by atoms with Gasteiger partial charge < -0.3 is 20.1 Å². The van der Waals surface area contributed by atoms with Crippen LogP contribution in [-0.2, 0) is 14.3 Å². The number of fused-ring (bicyclic) bond motifs is 2. The molecule has 6 heteroatoms. The summed E-state index contributed by atoms with van der Waals surface area (Å²) in [5.41, 5.74) is 0. The van der Waals surface area contributed by atoms with Crippen molar-refractivity contribution >= 4 is 11.8 Å². The summed E-state index contributed by atoms with van der Waals surface area (Å²) in [6.45, 7) is 0.415. The molecule has 0 spiro atoms. The smallest absolute Gasteiger partial charge is 0.228 e. The first-order valence-electron chi connectivity index (χ1n) is 6.98. The van der Waals surface area contributed by atoms with E-state index in [9.17, 15) is 14.7 Å². The highest BCUT2D eigenvalue weighted by Gasteiger charge is 2.72. The summed E-state index contributed by atoms with van der Waals surface area (Å²) in [7, 11) is 1.59. The van der Waals surface area contributed by atoms with E-state index >= 15 is 0 Å². The van der Waals surface area contributed by atoms with Crippen molar-refractivity contribution in [2.75, 3.05) is 13.6 Å². The lowest BCUT2D eigenvalue weighted by atomic mass is 9.80. The van der Waals surface area contributed by atoms with Crippen LogP contribution in [0, 0.1) is 23.7 Å². The maximum Gasteiger partial charge on any atom is 0.228 e. The third-order valence-electron chi connectivity index (χ3n) is 5.47. The van der Waals surface area contributed by atoms with Crippen molar-refractivity contribution in [3.05, 3.63) is 0 Å². The second-order valence-electron chi connectivity index (χ2n) is 6.10. The lowest BCUT2D eigenvalue weighted by Crippen LogP contribution is -2.44. The molecule has 2 heterocycles. The molecule has 0 aromatic carbocycles. The number of hydrogen-bond acceptors (Lipinski definition) is 4. The van der Waals surface area contributed by atoms with Crippen LogP contribution in [-0.4, -0.2) is 53.8 Å². The van der Waals surface area contributed by atoms with Gasteiger partial charge in [0, 0.05) is 25.9 Å². The number of nitrogens with one attached hydrogen (secondary N) is 1. The monoisotopic (exact) mass is 266 g/mol. The summed E-state index contributed by atoms with van der Waals surface area (Å²) in [5, 5.41) is 12.7. The SMILES string of the molecule is CNC(=O)CCN1C(=O)C2C3CC4C(OC1C42)C3O. The third-order valence-corrected chi connectivity index (χ3v) is 5.47. The van der Waals surface area contributed by atoms with Gasteiger partial charge in [-0.15, -0.1) is 0 Å². The molecular formula is C13H18N2O4. The molecule has 6 nitrogen and oxygen atoms in total. The lowest BCUT2D eigenvalue weighted by Gasteiger charge is -2.30. The normalized spacial score (nSPS) is 49.3. The Bertz CT molecular complexity index is 454. The number of hydrogen-bond donors (Lipinski definition) is 2. The largest absolute Gasteiger partial charge is 0.390 e. The van der Waals surface area contributed by atoms with Crippen LogP contribution in [0.2, 0.25) is 0 Å². The number of rotatable bonds is 3. The number of likely N-dealkylation sites (tertiary alicyclic amines) is 1. The van der Waals surface area contributed by atoms with Gasteiger partial charge in [-0.2, -0.15) is 0 Å². The van der Waals surface area contributed by atoms with E-state index in [0.29, 0.717) is 18.9 Å². The molecule has 19 heavy (non-hydrogen) atoms. The Hall–Kier alpha value is -1.14. The fourth-order valence-electron chi connectivity index (χ4n) is 4.72. The zero-order valence-electron chi connectivity index (χ0n) is 10.8. The van der Waals surface area contributed by atoms with Gasteiger partial charge in [-0.3, -0.25) is 9.59 Å². The Morgan fingerprint density at radius 3 is 3.05 bits per heavy atom. The maximum absolute atomic E-state index is 12.5. The number of aliphatic hydroxyl groups is 1. The predicted molar refractivity (Wildman–Crippen MR) is 63.6 cm³/mol. The van der Waals surface area contributed by atoms with Crippen LogP contribution in [0.1, 0.15) is 12.8 Å². The minimum Gasteiger partial charge on any atom is -0.390 e. The standard InChI is InChI=1S/C13H18N2O4/c1-14-7(16)2-3-15-12(18)8-5-4-6-9(8)13(15)19-11(6)10(5)17/h5-6,8-11,13,17H,2-4H2,1H3,(H,14,16). The van der Waals surface area contributed by atoms with Gasteiger partial charge in [0.2, 0.25) is 11.8 Å². The van der Waals surface area contributed by atoms with Crippen molar-refractivity contribution in [2.45, 2.75) is 31.3 Å². The Morgan fingerprint density at radius 1 is 1.53 bits per heavy atom. The minimum atomic E-state index is -0.471. The summed E-state index contributed by atoms with van der Waals surface area (Å²) in [5.74, 6) is 0.587. The fourth-order valence-corrected chi connectivity index (χ4v) is 4.72. The highest BCUT2D eigenvalue weighted by molar-refractivity contribution is 5.84. The van der Waals surface area contributed by atoms with Gasteiger partial charge in [-0.25, -0.2) is 0 Å². The number of carbonyl (C=O) groups is 2. The Balaban J connectivity index is 1.56. The van der Waals surface area contributed by atoms with E-state index in [4.69, 9.17) is 4.74 Å². The molecule has 0 aromatic rings. The van der Waals surface area contributed by atoms with Crippen molar-refractivity contribution in [3.8, 4) is 0 Å². The first-order chi connectivity index (χ1) is 9.13. The van der Waals surface area contributed by atoms with Gasteiger partial charge in [0.1, 0.15) is 6.23 Å². The van der Waals surface area contributed by atoms with Gasteiger partial charge in [-0.1, -0.05) is 0 Å². The van der Waals surface area contributed by atoms with E-state index in [1.165, 1.54) is 0 Å². The van der Waals surface area contributed by atoms with Gasteiger partial charge in [0.05, 0.1) is 18.1 Å². The van der Waals surface area contributed by atoms with Crippen LogP contribution >= 0.6 is 0 Å². The zero-order valence-corrected chi connectivity index (χ0v) is 10.8. The van der Waals surface area contributed by atoms with E-state index in [1.807, 2.05) is 0 Å². The quantitative estimate of drug-likeness (QED) is 0.682. The topological polar surface area (TPSA) is 78.9 Å². The van der Waals surface area contributed by atoms with Crippen molar-refractivity contribution in [1.29, 1.82) is 0 Å². The highest BCUT2D eigenvalue weighted by atomic mass is 16.5. The summed E-state index contributed by atoms with van der Waals surface area (Å²) in [4.78, 5) is 25.5. The van der Waals surface area contributed by atoms with Crippen LogP contribution in [0.25, 0.3) is 0 Å². The molecule has 104 valence electrons. The average Bonchev–Trinajstić information content (AvgIpc) is 3.05. The minimum absolute atomic E-state index is 0.0652. The molecule has 2 aliphatic carbocycles. The molecule has 7 unspecified atom stereocenters. The summed E-state index contributed by atoms with van der Waals surface area (Å²) in [6, 6.07) is 0. The second-order valence-corrected chi connectivity index (χ2v) is 6.10. The molecule has 2 amide bonds. The van der Waals surface area contributed by atoms with Crippen molar-refractivity contribution in [2.24, 2.45) is 23.7 Å². The molecule has 4 rings (SSSR count). The van der Waals surface area contributed by atoms with E-state index in [-0.39, 0.29) is 41.9 Å². The first kappa shape index (κ1) is 11.7.